The number of rotatable bonds is 23. The first-order valence-corrected chi connectivity index (χ1v) is 15.1. The van der Waals surface area contributed by atoms with Gasteiger partial charge in [-0.05, 0) is 25.5 Å². The van der Waals surface area contributed by atoms with Crippen molar-refractivity contribution in [2.45, 2.75) is 128 Å². The van der Waals surface area contributed by atoms with Gasteiger partial charge in [0.2, 0.25) is 0 Å². The van der Waals surface area contributed by atoms with Crippen molar-refractivity contribution in [3.63, 3.8) is 0 Å². The molecular formula is C28H50O5S. The van der Waals surface area contributed by atoms with E-state index >= 15 is 0 Å². The molecule has 0 bridgehead atoms. The van der Waals surface area contributed by atoms with Gasteiger partial charge in [-0.1, -0.05) is 121 Å². The maximum atomic E-state index is 12.1. The van der Waals surface area contributed by atoms with Crippen molar-refractivity contribution in [1.82, 2.24) is 0 Å². The zero-order valence-electron chi connectivity index (χ0n) is 21.8. The molecule has 1 unspecified atom stereocenters. The molecule has 0 aliphatic heterocycles. The quantitative estimate of drug-likeness (QED) is 0.126. The van der Waals surface area contributed by atoms with Gasteiger partial charge in [0.1, 0.15) is 6.10 Å². The number of ether oxygens (including phenoxy) is 1. The summed E-state index contributed by atoms with van der Waals surface area (Å²) in [6.45, 7) is 4.53. The van der Waals surface area contributed by atoms with Crippen molar-refractivity contribution in [2.75, 3.05) is 19.8 Å². The zero-order chi connectivity index (χ0) is 24.9. The molecule has 1 aromatic rings. The first-order chi connectivity index (χ1) is 16.5. The second-order valence-electron chi connectivity index (χ2n) is 9.58. The van der Waals surface area contributed by atoms with Crippen LogP contribution in [0.15, 0.2) is 29.2 Å². The van der Waals surface area contributed by atoms with Gasteiger partial charge in [0, 0.05) is 6.61 Å². The molecule has 1 aromatic carbocycles. The highest BCUT2D eigenvalue weighted by atomic mass is 32.2. The lowest BCUT2D eigenvalue weighted by Crippen LogP contribution is -2.24. The second-order valence-corrected chi connectivity index (χ2v) is 11.2. The van der Waals surface area contributed by atoms with Gasteiger partial charge in [0.15, 0.2) is 0 Å². The van der Waals surface area contributed by atoms with Crippen molar-refractivity contribution in [2.24, 2.45) is 0 Å². The SMILES string of the molecule is CCCCCCCCCCCCCCCCCCOCC(O)COS(=O)(=O)c1ccc(C)cc1. The molecule has 1 rings (SSSR count). The molecule has 0 spiro atoms. The Morgan fingerprint density at radius 1 is 0.706 bits per heavy atom. The van der Waals surface area contributed by atoms with Crippen LogP contribution in [-0.2, 0) is 19.0 Å². The Bertz CT molecular complexity index is 687. The summed E-state index contributed by atoms with van der Waals surface area (Å²) in [6, 6.07) is 6.44. The molecule has 0 amide bonds. The van der Waals surface area contributed by atoms with Gasteiger partial charge in [-0.25, -0.2) is 0 Å². The molecule has 34 heavy (non-hydrogen) atoms. The topological polar surface area (TPSA) is 72.8 Å². The lowest BCUT2D eigenvalue weighted by molar-refractivity contribution is 0.0122. The van der Waals surface area contributed by atoms with Crippen molar-refractivity contribution in [1.29, 1.82) is 0 Å². The molecule has 6 heteroatoms. The highest BCUT2D eigenvalue weighted by Gasteiger charge is 2.17. The van der Waals surface area contributed by atoms with Crippen LogP contribution in [0.2, 0.25) is 0 Å². The van der Waals surface area contributed by atoms with Gasteiger partial charge in [-0.15, -0.1) is 0 Å². The van der Waals surface area contributed by atoms with Gasteiger partial charge >= 0.3 is 0 Å². The molecule has 0 saturated heterocycles. The van der Waals surface area contributed by atoms with E-state index in [0.29, 0.717) is 6.61 Å². The summed E-state index contributed by atoms with van der Waals surface area (Å²) in [7, 11) is -3.85. The lowest BCUT2D eigenvalue weighted by Gasteiger charge is -2.12. The van der Waals surface area contributed by atoms with Crippen molar-refractivity contribution in [3.05, 3.63) is 29.8 Å². The summed E-state index contributed by atoms with van der Waals surface area (Å²) in [5.41, 5.74) is 0.974. The monoisotopic (exact) mass is 498 g/mol. The average Bonchev–Trinajstić information content (AvgIpc) is 2.82. The highest BCUT2D eigenvalue weighted by Crippen LogP contribution is 2.15. The average molecular weight is 499 g/mol. The largest absolute Gasteiger partial charge is 0.388 e. The molecule has 0 aliphatic rings. The first kappa shape index (κ1) is 31.1. The van der Waals surface area contributed by atoms with E-state index in [-0.39, 0.29) is 18.1 Å². The van der Waals surface area contributed by atoms with Crippen molar-refractivity contribution in [3.8, 4) is 0 Å². The molecule has 0 radical (unpaired) electrons. The Kier molecular flexibility index (Phi) is 18.5. The Hall–Kier alpha value is -0.950. The summed E-state index contributed by atoms with van der Waals surface area (Å²) in [4.78, 5) is 0.0967. The van der Waals surface area contributed by atoms with Gasteiger partial charge in [-0.3, -0.25) is 4.18 Å². The smallest absolute Gasteiger partial charge is 0.297 e. The van der Waals surface area contributed by atoms with Gasteiger partial charge in [0.05, 0.1) is 18.1 Å². The van der Waals surface area contributed by atoms with Crippen LogP contribution < -0.4 is 0 Å². The number of benzene rings is 1. The predicted molar refractivity (Wildman–Crippen MR) is 141 cm³/mol. The van der Waals surface area contributed by atoms with Crippen LogP contribution in [0.5, 0.6) is 0 Å². The highest BCUT2D eigenvalue weighted by molar-refractivity contribution is 7.86. The van der Waals surface area contributed by atoms with Crippen molar-refractivity contribution < 1.29 is 22.4 Å². The lowest BCUT2D eigenvalue weighted by atomic mass is 10.0. The van der Waals surface area contributed by atoms with Gasteiger partial charge in [-0.2, -0.15) is 8.42 Å². The number of aliphatic hydroxyl groups is 1. The van der Waals surface area contributed by atoms with Crippen LogP contribution in [0.4, 0.5) is 0 Å². The number of unbranched alkanes of at least 4 members (excludes halogenated alkanes) is 15. The molecule has 0 heterocycles. The Balaban J connectivity index is 1.86. The van der Waals surface area contributed by atoms with Crippen LogP contribution in [0.1, 0.15) is 115 Å². The Labute approximate surface area is 209 Å². The minimum Gasteiger partial charge on any atom is -0.388 e. The van der Waals surface area contributed by atoms with E-state index < -0.39 is 16.2 Å². The molecule has 198 valence electrons. The molecule has 1 N–H and O–H groups in total. The molecular weight excluding hydrogens is 448 g/mol. The molecule has 0 aliphatic carbocycles. The first-order valence-electron chi connectivity index (χ1n) is 13.7. The van der Waals surface area contributed by atoms with Gasteiger partial charge < -0.3 is 9.84 Å². The third kappa shape index (κ3) is 16.6. The number of aliphatic hydroxyl groups excluding tert-OH is 1. The summed E-state index contributed by atoms with van der Waals surface area (Å²) < 4.78 is 34.7. The van der Waals surface area contributed by atoms with E-state index in [1.165, 1.54) is 102 Å². The maximum Gasteiger partial charge on any atom is 0.297 e. The predicted octanol–water partition coefficient (Wildman–Crippen LogP) is 7.34. The van der Waals surface area contributed by atoms with Gasteiger partial charge in [0.25, 0.3) is 10.1 Å². The third-order valence-electron chi connectivity index (χ3n) is 6.18. The summed E-state index contributed by atoms with van der Waals surface area (Å²) in [6.07, 6.45) is 20.3. The second kappa shape index (κ2) is 20.3. The fourth-order valence-electron chi connectivity index (χ4n) is 3.96. The van der Waals surface area contributed by atoms with Crippen LogP contribution in [-0.4, -0.2) is 39.4 Å². The minimum atomic E-state index is -3.85. The van der Waals surface area contributed by atoms with Crippen LogP contribution in [0.25, 0.3) is 0 Å². The van der Waals surface area contributed by atoms with E-state index in [9.17, 15) is 13.5 Å². The normalized spacial score (nSPS) is 12.8. The maximum absolute atomic E-state index is 12.1. The Morgan fingerprint density at radius 2 is 1.15 bits per heavy atom. The molecule has 0 aromatic heterocycles. The van der Waals surface area contributed by atoms with Crippen LogP contribution in [0.3, 0.4) is 0 Å². The summed E-state index contributed by atoms with van der Waals surface area (Å²) in [5, 5.41) is 9.92. The van der Waals surface area contributed by atoms with E-state index in [4.69, 9.17) is 8.92 Å². The fraction of sp³-hybridized carbons (Fsp3) is 0.786. The summed E-state index contributed by atoms with van der Waals surface area (Å²) in [5.74, 6) is 0. The molecule has 5 nitrogen and oxygen atoms in total. The van der Waals surface area contributed by atoms with E-state index in [2.05, 4.69) is 6.92 Å². The zero-order valence-corrected chi connectivity index (χ0v) is 22.6. The van der Waals surface area contributed by atoms with Crippen molar-refractivity contribution >= 4 is 10.1 Å². The number of hydrogen-bond donors (Lipinski definition) is 1. The van der Waals surface area contributed by atoms with E-state index in [1.54, 1.807) is 12.1 Å². The Morgan fingerprint density at radius 3 is 1.62 bits per heavy atom. The molecule has 0 fully saturated rings. The standard InChI is InChI=1S/C28H50O5S/c1-3-4-5-6-7-8-9-10-11-12-13-14-15-16-17-18-23-32-24-27(29)25-33-34(30,31)28-21-19-26(2)20-22-28/h19-22,27,29H,3-18,23-25H2,1-2H3. The summed E-state index contributed by atoms with van der Waals surface area (Å²) >= 11 is 0. The number of hydrogen-bond acceptors (Lipinski definition) is 5. The molecule has 1 atom stereocenters. The minimum absolute atomic E-state index is 0.0855. The number of aryl methyl sites for hydroxylation is 1. The van der Waals surface area contributed by atoms with E-state index in [0.717, 1.165) is 18.4 Å². The van der Waals surface area contributed by atoms with Crippen LogP contribution >= 0.6 is 0 Å². The fourth-order valence-corrected chi connectivity index (χ4v) is 4.90. The van der Waals surface area contributed by atoms with Crippen LogP contribution in [0, 0.1) is 6.92 Å². The van der Waals surface area contributed by atoms with E-state index in [1.807, 2.05) is 6.92 Å². The third-order valence-corrected chi connectivity index (χ3v) is 7.47. The molecule has 0 saturated carbocycles.